The fraction of sp³-hybridized carbons (Fsp3) is 0.562. The van der Waals surface area contributed by atoms with Crippen LogP contribution in [0.2, 0.25) is 10.0 Å². The fourth-order valence-electron chi connectivity index (χ4n) is 1.80. The second kappa shape index (κ2) is 7.85. The molecule has 0 bridgehead atoms. The van der Waals surface area contributed by atoms with Gasteiger partial charge in [0.05, 0.1) is 14.9 Å². The topological polar surface area (TPSA) is 63.2 Å². The average molecular weight is 412 g/mol. The lowest BCUT2D eigenvalue weighted by molar-refractivity contribution is -0.122. The van der Waals surface area contributed by atoms with Crippen molar-refractivity contribution in [3.05, 3.63) is 28.2 Å². The van der Waals surface area contributed by atoms with Gasteiger partial charge in [-0.1, -0.05) is 44.0 Å². The Labute approximate surface area is 158 Å². The maximum absolute atomic E-state index is 12.8. The van der Waals surface area contributed by atoms with Crippen molar-refractivity contribution in [2.24, 2.45) is 0 Å². The number of halogens is 2. The van der Waals surface area contributed by atoms with Gasteiger partial charge in [-0.15, -0.1) is 0 Å². The molecule has 8 heteroatoms. The van der Waals surface area contributed by atoms with E-state index in [2.05, 4.69) is 26.1 Å². The van der Waals surface area contributed by atoms with E-state index in [4.69, 9.17) is 23.2 Å². The zero-order valence-electron chi connectivity index (χ0n) is 14.4. The van der Waals surface area contributed by atoms with Crippen molar-refractivity contribution in [1.82, 2.24) is 5.32 Å². The molecule has 1 amide bonds. The summed E-state index contributed by atoms with van der Waals surface area (Å²) in [6, 6.07) is 4.03. The maximum atomic E-state index is 12.8. The SMILES string of the molecule is CC(C)(C)SCCNC(=O)C(C)(C)S(=O)(=O)c1ccc(Cl)c(Cl)c1. The molecule has 0 saturated heterocycles. The van der Waals surface area contributed by atoms with Crippen LogP contribution in [-0.4, -0.2) is 36.1 Å². The molecule has 24 heavy (non-hydrogen) atoms. The van der Waals surface area contributed by atoms with Crippen LogP contribution in [0, 0.1) is 0 Å². The largest absolute Gasteiger partial charge is 0.354 e. The van der Waals surface area contributed by atoms with Gasteiger partial charge in [0.25, 0.3) is 0 Å². The zero-order valence-corrected chi connectivity index (χ0v) is 17.6. The molecule has 0 radical (unpaired) electrons. The van der Waals surface area contributed by atoms with E-state index in [1.165, 1.54) is 32.0 Å². The van der Waals surface area contributed by atoms with E-state index in [0.29, 0.717) is 12.3 Å². The Morgan fingerprint density at radius 3 is 2.21 bits per heavy atom. The lowest BCUT2D eigenvalue weighted by Crippen LogP contribution is -2.48. The first-order chi connectivity index (χ1) is 10.8. The highest BCUT2D eigenvalue weighted by Crippen LogP contribution is 2.31. The number of nitrogens with one attached hydrogen (secondary N) is 1. The summed E-state index contributed by atoms with van der Waals surface area (Å²) in [4.78, 5) is 12.4. The molecule has 0 aliphatic heterocycles. The Hall–Kier alpha value is -0.430. The van der Waals surface area contributed by atoms with Gasteiger partial charge in [-0.2, -0.15) is 11.8 Å². The van der Waals surface area contributed by atoms with Crippen molar-refractivity contribution < 1.29 is 13.2 Å². The van der Waals surface area contributed by atoms with Crippen LogP contribution in [0.15, 0.2) is 23.1 Å². The molecular formula is C16H23Cl2NO3S2. The highest BCUT2D eigenvalue weighted by atomic mass is 35.5. The molecule has 0 aliphatic rings. The highest BCUT2D eigenvalue weighted by molar-refractivity contribution is 8.00. The first kappa shape index (κ1) is 21.6. The van der Waals surface area contributed by atoms with Gasteiger partial charge in [0.1, 0.15) is 4.75 Å². The Kier molecular flexibility index (Phi) is 7.07. The maximum Gasteiger partial charge on any atom is 0.241 e. The summed E-state index contributed by atoms with van der Waals surface area (Å²) in [5, 5.41) is 3.10. The molecule has 0 spiro atoms. The van der Waals surface area contributed by atoms with Crippen LogP contribution < -0.4 is 5.32 Å². The summed E-state index contributed by atoms with van der Waals surface area (Å²) in [6.07, 6.45) is 0. The number of carbonyl (C=O) groups excluding carboxylic acids is 1. The van der Waals surface area contributed by atoms with Crippen molar-refractivity contribution in [2.45, 2.75) is 49.0 Å². The standard InChI is InChI=1S/C16H23Cl2NO3S2/c1-15(2,3)23-9-8-19-14(20)16(4,5)24(21,22)11-6-7-12(17)13(18)10-11/h6-7,10H,8-9H2,1-5H3,(H,19,20). The molecular weight excluding hydrogens is 389 g/mol. The molecule has 4 nitrogen and oxygen atoms in total. The molecule has 0 heterocycles. The molecule has 1 N–H and O–H groups in total. The van der Waals surface area contributed by atoms with Gasteiger partial charge < -0.3 is 5.32 Å². The van der Waals surface area contributed by atoms with E-state index in [9.17, 15) is 13.2 Å². The number of rotatable bonds is 6. The van der Waals surface area contributed by atoms with Crippen molar-refractivity contribution in [3.63, 3.8) is 0 Å². The van der Waals surface area contributed by atoms with Gasteiger partial charge in [-0.05, 0) is 32.0 Å². The van der Waals surface area contributed by atoms with Crippen LogP contribution in [0.25, 0.3) is 0 Å². The molecule has 1 aromatic rings. The summed E-state index contributed by atoms with van der Waals surface area (Å²) in [5.74, 6) is 0.168. The fourth-order valence-corrected chi connectivity index (χ4v) is 4.40. The van der Waals surface area contributed by atoms with E-state index in [-0.39, 0.29) is 19.7 Å². The monoisotopic (exact) mass is 411 g/mol. The van der Waals surface area contributed by atoms with Crippen LogP contribution >= 0.6 is 35.0 Å². The predicted molar refractivity (Wildman–Crippen MR) is 103 cm³/mol. The molecule has 0 aliphatic carbocycles. The normalized spacial score (nSPS) is 13.0. The van der Waals surface area contributed by atoms with E-state index >= 15 is 0 Å². The van der Waals surface area contributed by atoms with E-state index in [1.54, 1.807) is 11.8 Å². The number of thioether (sulfide) groups is 1. The lowest BCUT2D eigenvalue weighted by Gasteiger charge is -2.24. The average Bonchev–Trinajstić information content (AvgIpc) is 2.44. The summed E-state index contributed by atoms with van der Waals surface area (Å²) >= 11 is 13.4. The zero-order chi connectivity index (χ0) is 18.8. The molecule has 0 saturated carbocycles. The number of benzene rings is 1. The predicted octanol–water partition coefficient (Wildman–Crippen LogP) is 4.19. The molecule has 0 atom stereocenters. The summed E-state index contributed by atoms with van der Waals surface area (Å²) in [5.41, 5.74) is 0. The quantitative estimate of drug-likeness (QED) is 0.712. The first-order valence-corrected chi connectivity index (χ1v) is 10.6. The van der Waals surface area contributed by atoms with Crippen LogP contribution in [0.4, 0.5) is 0 Å². The summed E-state index contributed by atoms with van der Waals surface area (Å²) in [6.45, 7) is 9.42. The summed E-state index contributed by atoms with van der Waals surface area (Å²) in [7, 11) is -3.90. The van der Waals surface area contributed by atoms with Crippen LogP contribution in [0.1, 0.15) is 34.6 Å². The van der Waals surface area contributed by atoms with Gasteiger partial charge in [0.2, 0.25) is 5.91 Å². The molecule has 1 rings (SSSR count). The third-order valence-corrected chi connectivity index (χ3v) is 7.76. The molecule has 0 unspecified atom stereocenters. The number of hydrogen-bond donors (Lipinski definition) is 1. The number of amides is 1. The second-order valence-corrected chi connectivity index (χ2v) is 12.0. The van der Waals surface area contributed by atoms with Crippen LogP contribution in [-0.2, 0) is 14.6 Å². The van der Waals surface area contributed by atoms with Gasteiger partial charge >= 0.3 is 0 Å². The number of carbonyl (C=O) groups is 1. The highest BCUT2D eigenvalue weighted by Gasteiger charge is 2.42. The Morgan fingerprint density at radius 1 is 1.12 bits per heavy atom. The lowest BCUT2D eigenvalue weighted by atomic mass is 10.2. The van der Waals surface area contributed by atoms with E-state index < -0.39 is 20.5 Å². The van der Waals surface area contributed by atoms with Gasteiger partial charge in [0, 0.05) is 17.0 Å². The van der Waals surface area contributed by atoms with E-state index in [0.717, 1.165) is 0 Å². The smallest absolute Gasteiger partial charge is 0.241 e. The summed E-state index contributed by atoms with van der Waals surface area (Å²) < 4.78 is 24.0. The third-order valence-electron chi connectivity index (χ3n) is 3.34. The minimum Gasteiger partial charge on any atom is -0.354 e. The molecule has 0 fully saturated rings. The molecule has 1 aromatic carbocycles. The third kappa shape index (κ3) is 5.28. The Balaban J connectivity index is 2.88. The second-order valence-electron chi connectivity index (χ2n) is 6.81. The van der Waals surface area contributed by atoms with Gasteiger partial charge in [-0.25, -0.2) is 8.42 Å². The Bertz CT molecular complexity index is 711. The number of hydrogen-bond acceptors (Lipinski definition) is 4. The van der Waals surface area contributed by atoms with Gasteiger partial charge in [0.15, 0.2) is 9.84 Å². The van der Waals surface area contributed by atoms with Crippen LogP contribution in [0.3, 0.4) is 0 Å². The van der Waals surface area contributed by atoms with Crippen LogP contribution in [0.5, 0.6) is 0 Å². The van der Waals surface area contributed by atoms with E-state index in [1.807, 2.05) is 0 Å². The molecule has 0 aromatic heterocycles. The van der Waals surface area contributed by atoms with Crippen molar-refractivity contribution in [2.75, 3.05) is 12.3 Å². The Morgan fingerprint density at radius 2 is 1.71 bits per heavy atom. The minimum absolute atomic E-state index is 0.0267. The minimum atomic E-state index is -3.90. The van der Waals surface area contributed by atoms with Gasteiger partial charge in [-0.3, -0.25) is 4.79 Å². The first-order valence-electron chi connectivity index (χ1n) is 7.41. The van der Waals surface area contributed by atoms with Crippen molar-refractivity contribution >= 4 is 50.7 Å². The van der Waals surface area contributed by atoms with Crippen molar-refractivity contribution in [1.29, 1.82) is 0 Å². The number of sulfone groups is 1. The van der Waals surface area contributed by atoms with Crippen molar-refractivity contribution in [3.8, 4) is 0 Å². The molecule has 136 valence electrons.